The van der Waals surface area contributed by atoms with Crippen LogP contribution in [0.1, 0.15) is 30.5 Å². The van der Waals surface area contributed by atoms with E-state index in [1.54, 1.807) is 11.3 Å². The zero-order valence-corrected chi connectivity index (χ0v) is 13.0. The molecule has 1 aliphatic heterocycles. The predicted octanol–water partition coefficient (Wildman–Crippen LogP) is 2.62. The molecule has 4 rings (SSSR count). The highest BCUT2D eigenvalue weighted by Crippen LogP contribution is 2.56. The van der Waals surface area contributed by atoms with Crippen LogP contribution in [0.5, 0.6) is 0 Å². The van der Waals surface area contributed by atoms with Crippen molar-refractivity contribution in [1.29, 1.82) is 0 Å². The molecule has 21 heavy (non-hydrogen) atoms. The number of aromatic nitrogens is 2. The molecule has 0 amide bonds. The summed E-state index contributed by atoms with van der Waals surface area (Å²) in [5.74, 6) is 0. The zero-order valence-electron chi connectivity index (χ0n) is 12.2. The molecule has 0 bridgehead atoms. The van der Waals surface area contributed by atoms with Crippen molar-refractivity contribution in [2.24, 2.45) is 5.41 Å². The van der Waals surface area contributed by atoms with Gasteiger partial charge in [0.25, 0.3) is 0 Å². The fourth-order valence-electron chi connectivity index (χ4n) is 3.79. The van der Waals surface area contributed by atoms with Crippen LogP contribution < -0.4 is 5.32 Å². The molecule has 3 heterocycles. The predicted molar refractivity (Wildman–Crippen MR) is 85.1 cm³/mol. The normalized spacial score (nSPS) is 23.8. The van der Waals surface area contributed by atoms with Crippen molar-refractivity contribution in [2.75, 3.05) is 13.1 Å². The topological polar surface area (TPSA) is 44.0 Å². The Labute approximate surface area is 129 Å². The molecule has 1 saturated heterocycles. The van der Waals surface area contributed by atoms with Crippen molar-refractivity contribution in [2.45, 2.75) is 38.4 Å². The van der Waals surface area contributed by atoms with E-state index in [-0.39, 0.29) is 0 Å². The third-order valence-electron chi connectivity index (χ3n) is 5.08. The number of nitrogens with zero attached hydrogens (tertiary/aromatic N) is 2. The maximum atomic E-state index is 4.10. The van der Waals surface area contributed by atoms with Crippen LogP contribution in [-0.2, 0) is 13.1 Å². The maximum absolute atomic E-state index is 4.10. The van der Waals surface area contributed by atoms with Crippen molar-refractivity contribution < 1.29 is 0 Å². The molecule has 1 saturated carbocycles. The summed E-state index contributed by atoms with van der Waals surface area (Å²) >= 11 is 1.79. The van der Waals surface area contributed by atoms with Gasteiger partial charge in [-0.3, -0.25) is 10.00 Å². The van der Waals surface area contributed by atoms with E-state index in [0.717, 1.165) is 19.1 Å². The Morgan fingerprint density at radius 1 is 1.29 bits per heavy atom. The summed E-state index contributed by atoms with van der Waals surface area (Å²) < 4.78 is 0. The SMILES string of the molecule is c1cc(CN(Cc2ccsc2)C2CC23CCNCC3)[nH]n1. The molecule has 1 aliphatic carbocycles. The Morgan fingerprint density at radius 3 is 2.90 bits per heavy atom. The minimum atomic E-state index is 0.585. The van der Waals surface area contributed by atoms with Crippen LogP contribution in [0.25, 0.3) is 0 Å². The summed E-state index contributed by atoms with van der Waals surface area (Å²) in [5.41, 5.74) is 3.25. The van der Waals surface area contributed by atoms with Gasteiger partial charge < -0.3 is 5.32 Å². The molecule has 0 aromatic carbocycles. The zero-order chi connectivity index (χ0) is 14.1. The van der Waals surface area contributed by atoms with Crippen molar-refractivity contribution >= 4 is 11.3 Å². The van der Waals surface area contributed by atoms with E-state index in [2.05, 4.69) is 43.3 Å². The lowest BCUT2D eigenvalue weighted by Crippen LogP contribution is -2.35. The van der Waals surface area contributed by atoms with Crippen LogP contribution in [0.15, 0.2) is 29.1 Å². The van der Waals surface area contributed by atoms with Crippen molar-refractivity contribution in [1.82, 2.24) is 20.4 Å². The number of H-pyrrole nitrogens is 1. The molecule has 2 aliphatic rings. The molecule has 2 aromatic heterocycles. The van der Waals surface area contributed by atoms with Gasteiger partial charge in [-0.25, -0.2) is 0 Å². The van der Waals surface area contributed by atoms with Gasteiger partial charge >= 0.3 is 0 Å². The third kappa shape index (κ3) is 2.78. The lowest BCUT2D eigenvalue weighted by Gasteiger charge is -2.29. The standard InChI is InChI=1S/C16H22N4S/c1-5-18-19-14(1)11-20(10-13-2-8-21-12-13)15-9-16(15)3-6-17-7-4-16/h1-2,5,8,12,15,17H,3-4,6-7,9-11H2,(H,18,19). The van der Waals surface area contributed by atoms with Crippen LogP contribution in [0.3, 0.4) is 0 Å². The van der Waals surface area contributed by atoms with E-state index in [4.69, 9.17) is 0 Å². The highest BCUT2D eigenvalue weighted by molar-refractivity contribution is 7.07. The van der Waals surface area contributed by atoms with Gasteiger partial charge in [0.05, 0.1) is 0 Å². The fraction of sp³-hybridized carbons (Fsp3) is 0.562. The van der Waals surface area contributed by atoms with Gasteiger partial charge in [-0.05, 0) is 66.2 Å². The highest BCUT2D eigenvalue weighted by Gasteiger charge is 2.56. The second-order valence-electron chi connectivity index (χ2n) is 6.45. The number of hydrogen-bond acceptors (Lipinski definition) is 4. The Balaban J connectivity index is 1.50. The first kappa shape index (κ1) is 13.5. The average molecular weight is 302 g/mol. The van der Waals surface area contributed by atoms with E-state index >= 15 is 0 Å². The molecule has 112 valence electrons. The van der Waals surface area contributed by atoms with Gasteiger partial charge in [-0.1, -0.05) is 0 Å². The van der Waals surface area contributed by atoms with Crippen LogP contribution >= 0.6 is 11.3 Å². The monoisotopic (exact) mass is 302 g/mol. The Bertz CT molecular complexity index is 521. The highest BCUT2D eigenvalue weighted by atomic mass is 32.1. The fourth-order valence-corrected chi connectivity index (χ4v) is 4.45. The molecule has 0 radical (unpaired) electrons. The molecular weight excluding hydrogens is 280 g/mol. The van der Waals surface area contributed by atoms with Crippen molar-refractivity contribution in [3.63, 3.8) is 0 Å². The molecular formula is C16H22N4S. The van der Waals surface area contributed by atoms with Gasteiger partial charge in [0.15, 0.2) is 0 Å². The van der Waals surface area contributed by atoms with Gasteiger partial charge in [0.1, 0.15) is 0 Å². The summed E-state index contributed by atoms with van der Waals surface area (Å²) in [6, 6.07) is 5.09. The van der Waals surface area contributed by atoms with Gasteiger partial charge in [0, 0.05) is 31.0 Å². The molecule has 2 aromatic rings. The van der Waals surface area contributed by atoms with Crippen molar-refractivity contribution in [3.8, 4) is 0 Å². The number of hydrogen-bond donors (Lipinski definition) is 2. The largest absolute Gasteiger partial charge is 0.317 e. The molecule has 5 heteroatoms. The van der Waals surface area contributed by atoms with Gasteiger partial charge in [-0.15, -0.1) is 0 Å². The summed E-state index contributed by atoms with van der Waals surface area (Å²) in [6.45, 7) is 4.41. The van der Waals surface area contributed by atoms with Crippen LogP contribution in [0, 0.1) is 5.41 Å². The lowest BCUT2D eigenvalue weighted by molar-refractivity contribution is 0.186. The van der Waals surface area contributed by atoms with E-state index in [0.29, 0.717) is 5.41 Å². The van der Waals surface area contributed by atoms with Crippen LogP contribution in [-0.4, -0.2) is 34.2 Å². The first-order valence-electron chi connectivity index (χ1n) is 7.80. The lowest BCUT2D eigenvalue weighted by atomic mass is 9.93. The first-order valence-corrected chi connectivity index (χ1v) is 8.74. The first-order chi connectivity index (χ1) is 10.4. The molecule has 1 unspecified atom stereocenters. The average Bonchev–Trinajstić information content (AvgIpc) is 2.96. The van der Waals surface area contributed by atoms with Crippen molar-refractivity contribution in [3.05, 3.63) is 40.3 Å². The van der Waals surface area contributed by atoms with Crippen LogP contribution in [0.4, 0.5) is 0 Å². The van der Waals surface area contributed by atoms with E-state index in [1.807, 2.05) is 6.20 Å². The summed E-state index contributed by atoms with van der Waals surface area (Å²) in [6.07, 6.45) is 5.89. The molecule has 2 fully saturated rings. The number of thiophene rings is 1. The maximum Gasteiger partial charge on any atom is 0.0492 e. The third-order valence-corrected chi connectivity index (χ3v) is 5.82. The van der Waals surface area contributed by atoms with E-state index in [1.165, 1.54) is 43.6 Å². The second kappa shape index (κ2) is 5.55. The van der Waals surface area contributed by atoms with Crippen LogP contribution in [0.2, 0.25) is 0 Å². The number of piperidine rings is 1. The molecule has 1 spiro atoms. The van der Waals surface area contributed by atoms with E-state index in [9.17, 15) is 0 Å². The number of aromatic amines is 1. The Hall–Kier alpha value is -1.17. The minimum absolute atomic E-state index is 0.585. The second-order valence-corrected chi connectivity index (χ2v) is 7.23. The van der Waals surface area contributed by atoms with Gasteiger partial charge in [-0.2, -0.15) is 16.4 Å². The number of nitrogens with one attached hydrogen (secondary N) is 2. The minimum Gasteiger partial charge on any atom is -0.317 e. The quantitative estimate of drug-likeness (QED) is 0.892. The Morgan fingerprint density at radius 2 is 2.19 bits per heavy atom. The number of rotatable bonds is 5. The summed E-state index contributed by atoms with van der Waals surface area (Å²) in [7, 11) is 0. The summed E-state index contributed by atoms with van der Waals surface area (Å²) in [5, 5.41) is 15.2. The van der Waals surface area contributed by atoms with E-state index < -0.39 is 0 Å². The summed E-state index contributed by atoms with van der Waals surface area (Å²) in [4.78, 5) is 2.65. The van der Waals surface area contributed by atoms with Gasteiger partial charge in [0.2, 0.25) is 0 Å². The Kier molecular flexibility index (Phi) is 3.57. The molecule has 4 nitrogen and oxygen atoms in total. The smallest absolute Gasteiger partial charge is 0.0492 e. The molecule has 2 N–H and O–H groups in total. The molecule has 1 atom stereocenters.